The van der Waals surface area contributed by atoms with E-state index in [2.05, 4.69) is 4.18 Å². The van der Waals surface area contributed by atoms with Crippen molar-refractivity contribution in [3.63, 3.8) is 0 Å². The van der Waals surface area contributed by atoms with Gasteiger partial charge < -0.3 is 4.74 Å². The van der Waals surface area contributed by atoms with E-state index in [9.17, 15) is 31.2 Å². The Kier molecular flexibility index (Phi) is 5.62. The van der Waals surface area contributed by atoms with E-state index in [-0.39, 0.29) is 16.9 Å². The normalized spacial score (nSPS) is 15.3. The molecule has 0 radical (unpaired) electrons. The van der Waals surface area contributed by atoms with Crippen LogP contribution in [0.3, 0.4) is 0 Å². The summed E-state index contributed by atoms with van der Waals surface area (Å²) in [5, 5.41) is 0. The molecule has 0 fully saturated rings. The van der Waals surface area contributed by atoms with Crippen molar-refractivity contribution in [1.29, 1.82) is 0 Å². The molecular formula is C18H14F3NO6S. The number of rotatable bonds is 7. The summed E-state index contributed by atoms with van der Waals surface area (Å²) in [6.45, 7) is -1.39. The summed E-state index contributed by atoms with van der Waals surface area (Å²) in [6.07, 6.45) is -1.77. The second-order valence-corrected chi connectivity index (χ2v) is 7.57. The van der Waals surface area contributed by atoms with E-state index < -0.39 is 46.7 Å². The van der Waals surface area contributed by atoms with Crippen LogP contribution in [0, 0.1) is 0 Å². The van der Waals surface area contributed by atoms with Crippen LogP contribution in [0.4, 0.5) is 13.2 Å². The number of nitrogens with zero attached hydrogens (tertiary/aromatic N) is 1. The highest BCUT2D eigenvalue weighted by molar-refractivity contribution is 7.87. The van der Waals surface area contributed by atoms with Gasteiger partial charge in [0.15, 0.2) is 0 Å². The molecular weight excluding hydrogens is 415 g/mol. The molecule has 1 aliphatic rings. The molecule has 2 amide bonds. The van der Waals surface area contributed by atoms with E-state index in [0.717, 1.165) is 0 Å². The van der Waals surface area contributed by atoms with Gasteiger partial charge in [-0.15, -0.1) is 0 Å². The minimum absolute atomic E-state index is 0.0684. The molecule has 2 aromatic carbocycles. The van der Waals surface area contributed by atoms with Crippen LogP contribution in [0.15, 0.2) is 54.6 Å². The van der Waals surface area contributed by atoms with Gasteiger partial charge in [-0.3, -0.25) is 18.7 Å². The summed E-state index contributed by atoms with van der Waals surface area (Å²) in [5.41, 5.74) is -5.53. The SMILES string of the molecule is O=C1c2ccccc2C(=O)N1CC(COc1ccccc1)OS(=O)(=O)C(F)(F)F. The lowest BCUT2D eigenvalue weighted by Crippen LogP contribution is -2.43. The average Bonchev–Trinajstić information content (AvgIpc) is 2.91. The van der Waals surface area contributed by atoms with E-state index in [1.807, 2.05) is 0 Å². The molecule has 0 N–H and O–H groups in total. The number of benzene rings is 2. The van der Waals surface area contributed by atoms with Gasteiger partial charge in [-0.05, 0) is 24.3 Å². The molecule has 154 valence electrons. The smallest absolute Gasteiger partial charge is 0.491 e. The second kappa shape index (κ2) is 7.84. The Hall–Kier alpha value is -2.92. The highest BCUT2D eigenvalue weighted by Crippen LogP contribution is 2.28. The zero-order valence-electron chi connectivity index (χ0n) is 14.6. The zero-order valence-corrected chi connectivity index (χ0v) is 15.4. The number of hydrogen-bond donors (Lipinski definition) is 0. The predicted octanol–water partition coefficient (Wildman–Crippen LogP) is 2.60. The first-order valence-corrected chi connectivity index (χ1v) is 9.63. The van der Waals surface area contributed by atoms with Crippen LogP contribution in [-0.2, 0) is 14.3 Å². The van der Waals surface area contributed by atoms with Gasteiger partial charge in [-0.2, -0.15) is 21.6 Å². The minimum atomic E-state index is -5.97. The first kappa shape index (κ1) is 20.8. The predicted molar refractivity (Wildman–Crippen MR) is 93.6 cm³/mol. The fraction of sp³-hybridized carbons (Fsp3) is 0.222. The van der Waals surface area contributed by atoms with E-state index >= 15 is 0 Å². The molecule has 0 saturated carbocycles. The Morgan fingerprint density at radius 1 is 0.897 bits per heavy atom. The number of fused-ring (bicyclic) bond motifs is 1. The summed E-state index contributed by atoms with van der Waals surface area (Å²) in [5.74, 6) is -1.28. The standard InChI is InChI=1S/C18H14F3NO6S/c19-18(20,21)29(25,26)28-13(11-27-12-6-2-1-3-7-12)10-22-16(23)14-8-4-5-9-15(14)17(22)24/h1-9,13H,10-11H2. The van der Waals surface area contributed by atoms with Crippen molar-refractivity contribution in [2.24, 2.45) is 0 Å². The maximum absolute atomic E-state index is 12.7. The van der Waals surface area contributed by atoms with Crippen LogP contribution >= 0.6 is 0 Å². The van der Waals surface area contributed by atoms with Gasteiger partial charge in [0.1, 0.15) is 18.5 Å². The highest BCUT2D eigenvalue weighted by atomic mass is 32.2. The van der Waals surface area contributed by atoms with Crippen molar-refractivity contribution >= 4 is 21.9 Å². The number of halogens is 3. The fourth-order valence-electron chi connectivity index (χ4n) is 2.66. The van der Waals surface area contributed by atoms with Gasteiger partial charge in [0.05, 0.1) is 17.7 Å². The number of carbonyl (C=O) groups is 2. The number of para-hydroxylation sites is 1. The molecule has 0 bridgehead atoms. The van der Waals surface area contributed by atoms with Crippen LogP contribution in [0.1, 0.15) is 20.7 Å². The Balaban J connectivity index is 1.81. The lowest BCUT2D eigenvalue weighted by atomic mass is 10.1. The highest BCUT2D eigenvalue weighted by Gasteiger charge is 2.49. The lowest BCUT2D eigenvalue weighted by Gasteiger charge is -2.23. The molecule has 1 atom stereocenters. The first-order chi connectivity index (χ1) is 13.6. The van der Waals surface area contributed by atoms with Gasteiger partial charge >= 0.3 is 15.6 Å². The van der Waals surface area contributed by atoms with Gasteiger partial charge in [0.2, 0.25) is 0 Å². The third kappa shape index (κ3) is 4.40. The molecule has 3 rings (SSSR count). The third-order valence-corrected chi connectivity index (χ3v) is 5.08. The maximum atomic E-state index is 12.7. The Bertz CT molecular complexity index is 988. The molecule has 0 aromatic heterocycles. The molecule has 1 unspecified atom stereocenters. The molecule has 1 aliphatic heterocycles. The molecule has 0 aliphatic carbocycles. The molecule has 0 saturated heterocycles. The van der Waals surface area contributed by atoms with Crippen molar-refractivity contribution < 1.29 is 40.1 Å². The largest absolute Gasteiger partial charge is 0.523 e. The number of imide groups is 1. The van der Waals surface area contributed by atoms with Gasteiger partial charge in [0, 0.05) is 0 Å². The van der Waals surface area contributed by atoms with Crippen molar-refractivity contribution in [1.82, 2.24) is 4.90 Å². The number of alkyl halides is 3. The first-order valence-electron chi connectivity index (χ1n) is 8.23. The average molecular weight is 429 g/mol. The number of amides is 2. The van der Waals surface area contributed by atoms with Crippen LogP contribution in [0.25, 0.3) is 0 Å². The summed E-state index contributed by atoms with van der Waals surface area (Å²) >= 11 is 0. The van der Waals surface area contributed by atoms with Crippen molar-refractivity contribution in [2.75, 3.05) is 13.2 Å². The monoisotopic (exact) mass is 429 g/mol. The van der Waals surface area contributed by atoms with Crippen molar-refractivity contribution in [2.45, 2.75) is 11.6 Å². The molecule has 7 nitrogen and oxygen atoms in total. The second-order valence-electron chi connectivity index (χ2n) is 6.01. The summed E-state index contributed by atoms with van der Waals surface area (Å²) in [4.78, 5) is 25.5. The van der Waals surface area contributed by atoms with E-state index in [1.165, 1.54) is 36.4 Å². The topological polar surface area (TPSA) is 90.0 Å². The molecule has 11 heteroatoms. The lowest BCUT2D eigenvalue weighted by molar-refractivity contribution is -0.0592. The Morgan fingerprint density at radius 3 is 1.93 bits per heavy atom. The van der Waals surface area contributed by atoms with Gasteiger partial charge in [-0.25, -0.2) is 0 Å². The number of hydrogen-bond acceptors (Lipinski definition) is 6. The van der Waals surface area contributed by atoms with Crippen molar-refractivity contribution in [3.05, 3.63) is 65.7 Å². The fourth-order valence-corrected chi connectivity index (χ4v) is 3.24. The number of ether oxygens (including phenoxy) is 1. The maximum Gasteiger partial charge on any atom is 0.523 e. The Labute approximate surface area is 163 Å². The van der Waals surface area contributed by atoms with Gasteiger partial charge in [-0.1, -0.05) is 30.3 Å². The van der Waals surface area contributed by atoms with E-state index in [1.54, 1.807) is 18.2 Å². The van der Waals surface area contributed by atoms with Crippen LogP contribution in [0.5, 0.6) is 5.75 Å². The van der Waals surface area contributed by atoms with Gasteiger partial charge in [0.25, 0.3) is 11.8 Å². The summed E-state index contributed by atoms with van der Waals surface area (Å²) in [7, 11) is -5.97. The molecule has 2 aromatic rings. The minimum Gasteiger partial charge on any atom is -0.491 e. The summed E-state index contributed by atoms with van der Waals surface area (Å²) < 4.78 is 70.6. The van der Waals surface area contributed by atoms with Crippen LogP contribution < -0.4 is 4.74 Å². The molecule has 1 heterocycles. The quantitative estimate of drug-likeness (QED) is 0.382. The number of carbonyl (C=O) groups excluding carboxylic acids is 2. The molecule has 29 heavy (non-hydrogen) atoms. The third-order valence-electron chi connectivity index (χ3n) is 3.99. The van der Waals surface area contributed by atoms with Crippen LogP contribution in [0.2, 0.25) is 0 Å². The van der Waals surface area contributed by atoms with E-state index in [4.69, 9.17) is 4.74 Å². The van der Waals surface area contributed by atoms with E-state index in [0.29, 0.717) is 4.90 Å². The Morgan fingerprint density at radius 2 is 1.41 bits per heavy atom. The van der Waals surface area contributed by atoms with Crippen molar-refractivity contribution in [3.8, 4) is 5.75 Å². The zero-order chi connectivity index (χ0) is 21.2. The molecule has 0 spiro atoms. The summed E-state index contributed by atoms with van der Waals surface area (Å²) in [6, 6.07) is 13.7. The van der Waals surface area contributed by atoms with Crippen LogP contribution in [-0.4, -0.2) is 49.9 Å².